The first-order valence-corrected chi connectivity index (χ1v) is 6.55. The van der Waals surface area contributed by atoms with Gasteiger partial charge in [-0.2, -0.15) is 13.2 Å². The van der Waals surface area contributed by atoms with Gasteiger partial charge >= 0.3 is 12.1 Å². The Kier molecular flexibility index (Phi) is 5.00. The molecule has 0 saturated heterocycles. The summed E-state index contributed by atoms with van der Waals surface area (Å²) in [4.78, 5) is 23.3. The molecule has 0 aromatic heterocycles. The van der Waals surface area contributed by atoms with Crippen LogP contribution < -0.4 is 5.32 Å². The van der Waals surface area contributed by atoms with Crippen LogP contribution in [0, 0.1) is 0 Å². The lowest BCUT2D eigenvalue weighted by atomic mass is 10.2. The highest BCUT2D eigenvalue weighted by atomic mass is 19.4. The van der Waals surface area contributed by atoms with Gasteiger partial charge < -0.3 is 10.1 Å². The van der Waals surface area contributed by atoms with Crippen LogP contribution >= 0.6 is 0 Å². The summed E-state index contributed by atoms with van der Waals surface area (Å²) in [6, 6.07) is 12.2. The first-order valence-electron chi connectivity index (χ1n) is 6.55. The van der Waals surface area contributed by atoms with Crippen molar-refractivity contribution in [2.24, 2.45) is 0 Å². The van der Waals surface area contributed by atoms with Gasteiger partial charge in [0.1, 0.15) is 0 Å². The summed E-state index contributed by atoms with van der Waals surface area (Å²) in [6.45, 7) is -0.593. The summed E-state index contributed by atoms with van der Waals surface area (Å²) in [6.07, 6.45) is -4.50. The molecule has 0 saturated carbocycles. The van der Waals surface area contributed by atoms with Gasteiger partial charge in [-0.15, -0.1) is 0 Å². The number of nitrogens with one attached hydrogen (secondary N) is 1. The number of ether oxygens (including phenoxy) is 1. The number of alkyl halides is 3. The van der Waals surface area contributed by atoms with Crippen LogP contribution in [-0.4, -0.2) is 18.5 Å². The smallest absolute Gasteiger partial charge is 0.416 e. The van der Waals surface area contributed by atoms with Gasteiger partial charge in [-0.05, 0) is 30.3 Å². The second-order valence-electron chi connectivity index (χ2n) is 4.57. The number of carbonyl (C=O) groups excluding carboxylic acids is 2. The SMILES string of the molecule is O=C(COC(=O)c1ccccc1)Nc1cccc(C(F)(F)F)c1. The van der Waals surface area contributed by atoms with Gasteiger partial charge in [-0.1, -0.05) is 24.3 Å². The molecule has 0 aliphatic carbocycles. The van der Waals surface area contributed by atoms with Crippen molar-refractivity contribution in [3.05, 3.63) is 65.7 Å². The zero-order chi connectivity index (χ0) is 16.9. The fourth-order valence-corrected chi connectivity index (χ4v) is 1.76. The van der Waals surface area contributed by atoms with E-state index in [1.165, 1.54) is 24.3 Å². The average Bonchev–Trinajstić information content (AvgIpc) is 2.53. The molecule has 23 heavy (non-hydrogen) atoms. The van der Waals surface area contributed by atoms with E-state index in [1.807, 2.05) is 0 Å². The summed E-state index contributed by atoms with van der Waals surface area (Å²) in [5.41, 5.74) is -0.628. The maximum Gasteiger partial charge on any atom is 0.416 e. The summed E-state index contributed by atoms with van der Waals surface area (Å²) < 4.78 is 42.5. The molecule has 2 aromatic rings. The third-order valence-corrected chi connectivity index (χ3v) is 2.82. The molecular weight excluding hydrogens is 311 g/mol. The zero-order valence-corrected chi connectivity index (χ0v) is 11.8. The molecule has 2 rings (SSSR count). The molecular formula is C16H12F3NO3. The highest BCUT2D eigenvalue weighted by Gasteiger charge is 2.30. The van der Waals surface area contributed by atoms with Crippen LogP contribution in [0.25, 0.3) is 0 Å². The number of hydrogen-bond donors (Lipinski definition) is 1. The molecule has 0 fully saturated rings. The summed E-state index contributed by atoms with van der Waals surface area (Å²) in [5, 5.41) is 2.25. The molecule has 7 heteroatoms. The maximum atomic E-state index is 12.6. The van der Waals surface area contributed by atoms with E-state index in [-0.39, 0.29) is 11.3 Å². The third kappa shape index (κ3) is 4.84. The number of benzene rings is 2. The Morgan fingerprint density at radius 2 is 1.70 bits per heavy atom. The predicted molar refractivity (Wildman–Crippen MR) is 76.8 cm³/mol. The van der Waals surface area contributed by atoms with Crippen LogP contribution in [0.4, 0.5) is 18.9 Å². The quantitative estimate of drug-likeness (QED) is 0.876. The zero-order valence-electron chi connectivity index (χ0n) is 11.8. The van der Waals surface area contributed by atoms with Crippen molar-refractivity contribution < 1.29 is 27.5 Å². The molecule has 0 aliphatic rings. The standard InChI is InChI=1S/C16H12F3NO3/c17-16(18,19)12-7-4-8-13(9-12)20-14(21)10-23-15(22)11-5-2-1-3-6-11/h1-9H,10H2,(H,20,21). The summed E-state index contributed by atoms with van der Waals surface area (Å²) in [5.74, 6) is -1.42. The van der Waals surface area contributed by atoms with Gasteiger partial charge in [0.15, 0.2) is 6.61 Å². The molecule has 4 nitrogen and oxygen atoms in total. The minimum atomic E-state index is -4.50. The normalized spacial score (nSPS) is 10.9. The highest BCUT2D eigenvalue weighted by Crippen LogP contribution is 2.30. The number of esters is 1. The topological polar surface area (TPSA) is 55.4 Å². The monoisotopic (exact) mass is 323 g/mol. The first-order chi connectivity index (χ1) is 10.9. The van der Waals surface area contributed by atoms with Crippen molar-refractivity contribution in [1.82, 2.24) is 0 Å². The first kappa shape index (κ1) is 16.5. The number of rotatable bonds is 4. The highest BCUT2D eigenvalue weighted by molar-refractivity contribution is 5.95. The van der Waals surface area contributed by atoms with Gasteiger partial charge in [-0.3, -0.25) is 4.79 Å². The van der Waals surface area contributed by atoms with Crippen molar-refractivity contribution in [2.75, 3.05) is 11.9 Å². The Morgan fingerprint density at radius 3 is 2.35 bits per heavy atom. The Morgan fingerprint density at radius 1 is 1.00 bits per heavy atom. The van der Waals surface area contributed by atoms with E-state index in [0.29, 0.717) is 0 Å². The van der Waals surface area contributed by atoms with Crippen LogP contribution in [0.2, 0.25) is 0 Å². The summed E-state index contributed by atoms with van der Waals surface area (Å²) in [7, 11) is 0. The Hall–Kier alpha value is -2.83. The van der Waals surface area contributed by atoms with Gasteiger partial charge in [-0.25, -0.2) is 4.79 Å². The van der Waals surface area contributed by atoms with Crippen LogP contribution in [-0.2, 0) is 15.7 Å². The van der Waals surface area contributed by atoms with Crippen molar-refractivity contribution in [3.63, 3.8) is 0 Å². The van der Waals surface area contributed by atoms with Crippen LogP contribution in [0.15, 0.2) is 54.6 Å². The third-order valence-electron chi connectivity index (χ3n) is 2.82. The van der Waals surface area contributed by atoms with Gasteiger partial charge in [0, 0.05) is 5.69 Å². The van der Waals surface area contributed by atoms with E-state index in [1.54, 1.807) is 18.2 Å². The van der Waals surface area contributed by atoms with E-state index in [0.717, 1.165) is 12.1 Å². The van der Waals surface area contributed by atoms with Crippen molar-refractivity contribution in [3.8, 4) is 0 Å². The van der Waals surface area contributed by atoms with Crippen LogP contribution in [0.5, 0.6) is 0 Å². The van der Waals surface area contributed by atoms with E-state index in [4.69, 9.17) is 4.74 Å². The van der Waals surface area contributed by atoms with Crippen molar-refractivity contribution in [2.45, 2.75) is 6.18 Å². The molecule has 0 aliphatic heterocycles. The molecule has 1 N–H and O–H groups in total. The number of amides is 1. The number of anilines is 1. The minimum absolute atomic E-state index is 0.0272. The van der Waals surface area contributed by atoms with E-state index >= 15 is 0 Å². The number of hydrogen-bond acceptors (Lipinski definition) is 3. The maximum absolute atomic E-state index is 12.6. The molecule has 2 aromatic carbocycles. The van der Waals surface area contributed by atoms with Gasteiger partial charge in [0.05, 0.1) is 11.1 Å². The molecule has 0 heterocycles. The van der Waals surface area contributed by atoms with E-state index in [9.17, 15) is 22.8 Å². The molecule has 0 spiro atoms. The fraction of sp³-hybridized carbons (Fsp3) is 0.125. The van der Waals surface area contributed by atoms with E-state index < -0.39 is 30.2 Å². The van der Waals surface area contributed by atoms with Gasteiger partial charge in [0.2, 0.25) is 0 Å². The lowest BCUT2D eigenvalue weighted by molar-refractivity contribution is -0.137. The molecule has 0 radical (unpaired) electrons. The predicted octanol–water partition coefficient (Wildman–Crippen LogP) is 3.50. The number of halogens is 3. The minimum Gasteiger partial charge on any atom is -0.452 e. The Labute approximate surface area is 129 Å². The van der Waals surface area contributed by atoms with Crippen LogP contribution in [0.3, 0.4) is 0 Å². The molecule has 0 bridgehead atoms. The average molecular weight is 323 g/mol. The van der Waals surface area contributed by atoms with Crippen molar-refractivity contribution in [1.29, 1.82) is 0 Å². The second kappa shape index (κ2) is 6.95. The molecule has 0 atom stereocenters. The van der Waals surface area contributed by atoms with E-state index in [2.05, 4.69) is 5.32 Å². The second-order valence-corrected chi connectivity index (χ2v) is 4.57. The molecule has 120 valence electrons. The molecule has 1 amide bonds. The largest absolute Gasteiger partial charge is 0.452 e. The molecule has 0 unspecified atom stereocenters. The lowest BCUT2D eigenvalue weighted by Crippen LogP contribution is -2.21. The Balaban J connectivity index is 1.92. The van der Waals surface area contributed by atoms with Crippen LogP contribution in [0.1, 0.15) is 15.9 Å². The summed E-state index contributed by atoms with van der Waals surface area (Å²) >= 11 is 0. The van der Waals surface area contributed by atoms with Crippen molar-refractivity contribution >= 4 is 17.6 Å². The Bertz CT molecular complexity index is 699. The lowest BCUT2D eigenvalue weighted by Gasteiger charge is -2.10. The fourth-order valence-electron chi connectivity index (χ4n) is 1.76. The number of carbonyl (C=O) groups is 2. The van der Waals surface area contributed by atoms with Gasteiger partial charge in [0.25, 0.3) is 5.91 Å².